The van der Waals surface area contributed by atoms with Crippen LogP contribution in [0.15, 0.2) is 34.7 Å². The molecule has 1 fully saturated rings. The third kappa shape index (κ3) is 5.19. The quantitative estimate of drug-likeness (QED) is 0.775. The standard InChI is InChI=1S/C18H24N4OS2/c1-13-8-10-22(11-9-13)16(23)14(2)24-18-21-20-17(25-18)19-12-15-6-4-3-5-7-15/h3-7,13-14H,8-12H2,1-2H3,(H,19,20). The SMILES string of the molecule is CC1CCN(C(=O)C(C)Sc2nnc(NCc3ccccc3)s2)CC1. The Morgan fingerprint density at radius 3 is 2.76 bits per heavy atom. The minimum atomic E-state index is -0.122. The van der Waals surface area contributed by atoms with Gasteiger partial charge in [-0.3, -0.25) is 4.79 Å². The van der Waals surface area contributed by atoms with Gasteiger partial charge in [0.15, 0.2) is 4.34 Å². The molecule has 0 spiro atoms. The maximum atomic E-state index is 12.6. The fourth-order valence-electron chi connectivity index (χ4n) is 2.79. The molecule has 2 aromatic rings. The summed E-state index contributed by atoms with van der Waals surface area (Å²) in [4.78, 5) is 14.6. The Balaban J connectivity index is 1.49. The number of aromatic nitrogens is 2. The molecule has 1 atom stereocenters. The number of benzene rings is 1. The molecule has 0 bridgehead atoms. The van der Waals surface area contributed by atoms with Gasteiger partial charge in [0.25, 0.3) is 0 Å². The number of hydrogen-bond donors (Lipinski definition) is 1. The maximum absolute atomic E-state index is 12.6. The number of anilines is 1. The van der Waals surface area contributed by atoms with E-state index in [0.717, 1.165) is 47.9 Å². The van der Waals surface area contributed by atoms with Gasteiger partial charge in [0.2, 0.25) is 11.0 Å². The monoisotopic (exact) mass is 376 g/mol. The van der Waals surface area contributed by atoms with Gasteiger partial charge in [-0.05, 0) is 31.2 Å². The Morgan fingerprint density at radius 1 is 1.32 bits per heavy atom. The average molecular weight is 377 g/mol. The number of rotatable bonds is 6. The zero-order valence-electron chi connectivity index (χ0n) is 14.6. The molecular formula is C18H24N4OS2. The van der Waals surface area contributed by atoms with E-state index in [0.29, 0.717) is 0 Å². The fraction of sp³-hybridized carbons (Fsp3) is 0.500. The molecule has 0 saturated carbocycles. The van der Waals surface area contributed by atoms with Crippen molar-refractivity contribution < 1.29 is 4.79 Å². The molecule has 1 saturated heterocycles. The van der Waals surface area contributed by atoms with Crippen molar-refractivity contribution in [2.45, 2.75) is 42.8 Å². The van der Waals surface area contributed by atoms with Crippen LogP contribution in [-0.4, -0.2) is 39.3 Å². The van der Waals surface area contributed by atoms with Gasteiger partial charge in [0.05, 0.1) is 5.25 Å². The van der Waals surface area contributed by atoms with Crippen molar-refractivity contribution in [3.05, 3.63) is 35.9 Å². The molecule has 5 nitrogen and oxygen atoms in total. The van der Waals surface area contributed by atoms with E-state index in [-0.39, 0.29) is 11.2 Å². The first kappa shape index (κ1) is 18.2. The molecule has 1 amide bonds. The van der Waals surface area contributed by atoms with Gasteiger partial charge in [0.1, 0.15) is 0 Å². The summed E-state index contributed by atoms with van der Waals surface area (Å²) in [6, 6.07) is 10.2. The predicted octanol–water partition coefficient (Wildman–Crippen LogP) is 3.89. The smallest absolute Gasteiger partial charge is 0.235 e. The number of carbonyl (C=O) groups excluding carboxylic acids is 1. The van der Waals surface area contributed by atoms with Crippen molar-refractivity contribution in [2.24, 2.45) is 5.92 Å². The highest BCUT2D eigenvalue weighted by Gasteiger charge is 2.25. The van der Waals surface area contributed by atoms with Crippen LogP contribution in [0.3, 0.4) is 0 Å². The molecule has 1 unspecified atom stereocenters. The molecule has 0 radical (unpaired) electrons. The Bertz CT molecular complexity index is 683. The third-order valence-electron chi connectivity index (χ3n) is 4.41. The van der Waals surface area contributed by atoms with Crippen LogP contribution < -0.4 is 5.32 Å². The normalized spacial score (nSPS) is 16.6. The molecule has 1 aromatic heterocycles. The van der Waals surface area contributed by atoms with Crippen LogP contribution in [0.1, 0.15) is 32.3 Å². The lowest BCUT2D eigenvalue weighted by Gasteiger charge is -2.31. The first-order valence-corrected chi connectivity index (χ1v) is 10.4. The Hall–Kier alpha value is -1.60. The van der Waals surface area contributed by atoms with E-state index in [9.17, 15) is 4.79 Å². The number of likely N-dealkylation sites (tertiary alicyclic amines) is 1. The van der Waals surface area contributed by atoms with Crippen LogP contribution in [0, 0.1) is 5.92 Å². The summed E-state index contributed by atoms with van der Waals surface area (Å²) in [6.07, 6.45) is 2.21. The second kappa shape index (κ2) is 8.67. The van der Waals surface area contributed by atoms with Crippen molar-refractivity contribution in [2.75, 3.05) is 18.4 Å². The fourth-order valence-corrected chi connectivity index (χ4v) is 4.77. The van der Waals surface area contributed by atoms with E-state index in [2.05, 4.69) is 34.6 Å². The third-order valence-corrected chi connectivity index (χ3v) is 6.47. The highest BCUT2D eigenvalue weighted by atomic mass is 32.2. The highest BCUT2D eigenvalue weighted by molar-refractivity contribution is 8.02. The van der Waals surface area contributed by atoms with Crippen LogP contribution >= 0.6 is 23.1 Å². The van der Waals surface area contributed by atoms with Crippen molar-refractivity contribution >= 4 is 34.1 Å². The van der Waals surface area contributed by atoms with E-state index in [4.69, 9.17) is 0 Å². The first-order valence-electron chi connectivity index (χ1n) is 8.68. The minimum absolute atomic E-state index is 0.122. The number of carbonyl (C=O) groups is 1. The Labute approximate surface area is 157 Å². The lowest BCUT2D eigenvalue weighted by molar-refractivity contribution is -0.131. The Morgan fingerprint density at radius 2 is 2.04 bits per heavy atom. The van der Waals surface area contributed by atoms with Gasteiger partial charge >= 0.3 is 0 Å². The second-order valence-corrected chi connectivity index (χ2v) is 9.05. The number of piperidine rings is 1. The van der Waals surface area contributed by atoms with Crippen molar-refractivity contribution in [1.29, 1.82) is 0 Å². The maximum Gasteiger partial charge on any atom is 0.235 e. The number of amides is 1. The zero-order chi connectivity index (χ0) is 17.6. The summed E-state index contributed by atoms with van der Waals surface area (Å²) in [7, 11) is 0. The van der Waals surface area contributed by atoms with Crippen LogP contribution in [-0.2, 0) is 11.3 Å². The zero-order valence-corrected chi connectivity index (χ0v) is 16.3. The molecular weight excluding hydrogens is 352 g/mol. The number of nitrogens with zero attached hydrogens (tertiary/aromatic N) is 3. The number of thioether (sulfide) groups is 1. The molecule has 1 aliphatic heterocycles. The highest BCUT2D eigenvalue weighted by Crippen LogP contribution is 2.30. The van der Waals surface area contributed by atoms with Crippen molar-refractivity contribution in [1.82, 2.24) is 15.1 Å². The molecule has 1 N–H and O–H groups in total. The van der Waals surface area contributed by atoms with E-state index >= 15 is 0 Å². The molecule has 1 aliphatic rings. The molecule has 1 aromatic carbocycles. The lowest BCUT2D eigenvalue weighted by Crippen LogP contribution is -2.41. The lowest BCUT2D eigenvalue weighted by atomic mass is 9.99. The topological polar surface area (TPSA) is 58.1 Å². The second-order valence-electron chi connectivity index (χ2n) is 6.48. The molecule has 3 rings (SSSR count). The number of nitrogens with one attached hydrogen (secondary N) is 1. The van der Waals surface area contributed by atoms with Gasteiger partial charge in [0, 0.05) is 19.6 Å². The summed E-state index contributed by atoms with van der Waals surface area (Å²) in [5.74, 6) is 0.944. The molecule has 7 heteroatoms. The van der Waals surface area contributed by atoms with Gasteiger partial charge < -0.3 is 10.2 Å². The predicted molar refractivity (Wildman–Crippen MR) is 104 cm³/mol. The van der Waals surface area contributed by atoms with Gasteiger partial charge in [-0.1, -0.05) is 60.4 Å². The van der Waals surface area contributed by atoms with E-state index in [1.54, 1.807) is 0 Å². The van der Waals surface area contributed by atoms with Crippen molar-refractivity contribution in [3.63, 3.8) is 0 Å². The van der Waals surface area contributed by atoms with Crippen LogP contribution in [0.4, 0.5) is 5.13 Å². The van der Waals surface area contributed by atoms with Gasteiger partial charge in [-0.2, -0.15) is 0 Å². The molecule has 25 heavy (non-hydrogen) atoms. The summed E-state index contributed by atoms with van der Waals surface area (Å²) in [6.45, 7) is 6.70. The largest absolute Gasteiger partial charge is 0.356 e. The summed E-state index contributed by atoms with van der Waals surface area (Å²) >= 11 is 3.01. The van der Waals surface area contributed by atoms with E-state index in [1.807, 2.05) is 30.0 Å². The van der Waals surface area contributed by atoms with Crippen molar-refractivity contribution in [3.8, 4) is 0 Å². The van der Waals surface area contributed by atoms with Gasteiger partial charge in [-0.25, -0.2) is 0 Å². The molecule has 134 valence electrons. The van der Waals surface area contributed by atoms with Crippen LogP contribution in [0.2, 0.25) is 0 Å². The summed E-state index contributed by atoms with van der Waals surface area (Å²) in [5, 5.41) is 12.3. The van der Waals surface area contributed by atoms with E-state index in [1.165, 1.54) is 28.7 Å². The van der Waals surface area contributed by atoms with E-state index < -0.39 is 0 Å². The average Bonchev–Trinajstić information content (AvgIpc) is 3.08. The van der Waals surface area contributed by atoms with Gasteiger partial charge in [-0.15, -0.1) is 10.2 Å². The summed E-state index contributed by atoms with van der Waals surface area (Å²) in [5.41, 5.74) is 1.20. The van der Waals surface area contributed by atoms with Crippen LogP contribution in [0.5, 0.6) is 0 Å². The number of hydrogen-bond acceptors (Lipinski definition) is 6. The first-order chi connectivity index (χ1) is 12.1. The Kier molecular flexibility index (Phi) is 6.31. The minimum Gasteiger partial charge on any atom is -0.356 e. The molecule has 2 heterocycles. The summed E-state index contributed by atoms with van der Waals surface area (Å²) < 4.78 is 0.835. The van der Waals surface area contributed by atoms with Crippen LogP contribution in [0.25, 0.3) is 0 Å². The molecule has 0 aliphatic carbocycles.